The number of hydrogen-bond acceptors (Lipinski definition) is 4. The number of aliphatic hydroxyl groups excluding tert-OH is 1. The predicted octanol–water partition coefficient (Wildman–Crippen LogP) is 5.88. The molecule has 0 aromatic rings. The number of rotatable bonds is 6. The molecule has 0 saturated heterocycles. The van der Waals surface area contributed by atoms with Crippen LogP contribution < -0.4 is 0 Å². The molecule has 1 N–H and O–H groups in total. The molecule has 3 atom stereocenters. The summed E-state index contributed by atoms with van der Waals surface area (Å²) in [5.41, 5.74) is 0. The van der Waals surface area contributed by atoms with Crippen LogP contribution in [-0.4, -0.2) is 46.8 Å². The molecule has 1 heterocycles. The van der Waals surface area contributed by atoms with Gasteiger partial charge in [0.1, 0.15) is 0 Å². The van der Waals surface area contributed by atoms with Gasteiger partial charge in [-0.2, -0.15) is 0 Å². The molecule has 0 aromatic heterocycles. The van der Waals surface area contributed by atoms with E-state index in [0.717, 1.165) is 5.75 Å². The highest BCUT2D eigenvalue weighted by molar-refractivity contribution is 8.02. The molecular weight excluding hydrogens is 376 g/mol. The van der Waals surface area contributed by atoms with E-state index in [4.69, 9.17) is 8.85 Å². The quantitative estimate of drug-likeness (QED) is 0.546. The Labute approximate surface area is 168 Å². The average Bonchev–Trinajstić information content (AvgIpc) is 2.62. The molecule has 0 fully saturated rings. The van der Waals surface area contributed by atoms with Crippen LogP contribution in [0.15, 0.2) is 11.5 Å². The molecule has 1 aliphatic rings. The van der Waals surface area contributed by atoms with Gasteiger partial charge in [0.2, 0.25) is 0 Å². The van der Waals surface area contributed by atoms with Gasteiger partial charge in [-0.1, -0.05) is 47.6 Å². The highest BCUT2D eigenvalue weighted by atomic mass is 32.2. The molecule has 0 bridgehead atoms. The topological polar surface area (TPSA) is 38.7 Å². The van der Waals surface area contributed by atoms with Gasteiger partial charge in [-0.05, 0) is 41.7 Å². The molecule has 6 heteroatoms. The standard InChI is InChI=1S/C20H42O3SSi2/c1-19(2,3)25(7,8)22-13-16-11-12-24-15-18(21)17(16)14-23-26(9,10)20(4,5)6/h11-12,16-18,21H,13-15H2,1-10H3/t16-,17+,18-/m1/s1. The summed E-state index contributed by atoms with van der Waals surface area (Å²) >= 11 is 1.69. The molecule has 26 heavy (non-hydrogen) atoms. The Hall–Kier alpha value is 0.404. The minimum Gasteiger partial charge on any atom is -0.416 e. The molecular formula is C20H42O3SSi2. The summed E-state index contributed by atoms with van der Waals surface area (Å²) in [6, 6.07) is 0. The number of hydrogen-bond donors (Lipinski definition) is 1. The molecule has 154 valence electrons. The van der Waals surface area contributed by atoms with Gasteiger partial charge in [-0.15, -0.1) is 11.8 Å². The summed E-state index contributed by atoms with van der Waals surface area (Å²) in [5, 5.41) is 13.3. The van der Waals surface area contributed by atoms with Crippen LogP contribution in [0.5, 0.6) is 0 Å². The summed E-state index contributed by atoms with van der Waals surface area (Å²) in [6.45, 7) is 24.0. The van der Waals surface area contributed by atoms with E-state index < -0.39 is 16.6 Å². The van der Waals surface area contributed by atoms with E-state index in [1.54, 1.807) is 11.8 Å². The summed E-state index contributed by atoms with van der Waals surface area (Å²) in [7, 11) is -3.63. The molecule has 1 rings (SSSR count). The lowest BCUT2D eigenvalue weighted by molar-refractivity contribution is 0.0478. The lowest BCUT2D eigenvalue weighted by Gasteiger charge is -2.40. The van der Waals surface area contributed by atoms with Gasteiger partial charge in [0.05, 0.1) is 6.10 Å². The van der Waals surface area contributed by atoms with Crippen LogP contribution in [0.3, 0.4) is 0 Å². The average molecular weight is 419 g/mol. The smallest absolute Gasteiger partial charge is 0.192 e. The van der Waals surface area contributed by atoms with E-state index in [9.17, 15) is 5.11 Å². The van der Waals surface area contributed by atoms with Gasteiger partial charge in [0.15, 0.2) is 16.6 Å². The second-order valence-electron chi connectivity index (χ2n) is 10.7. The maximum absolute atomic E-state index is 10.7. The Morgan fingerprint density at radius 1 is 0.923 bits per heavy atom. The molecule has 0 unspecified atom stereocenters. The first-order valence-corrected chi connectivity index (χ1v) is 16.7. The summed E-state index contributed by atoms with van der Waals surface area (Å²) in [4.78, 5) is 0. The van der Waals surface area contributed by atoms with Crippen LogP contribution in [0.4, 0.5) is 0 Å². The Morgan fingerprint density at radius 3 is 1.85 bits per heavy atom. The van der Waals surface area contributed by atoms with Crippen molar-refractivity contribution in [3.63, 3.8) is 0 Å². The monoisotopic (exact) mass is 418 g/mol. The first kappa shape index (κ1) is 24.4. The summed E-state index contributed by atoms with van der Waals surface area (Å²) in [6.07, 6.45) is 1.88. The van der Waals surface area contributed by atoms with Gasteiger partial charge >= 0.3 is 0 Å². The highest BCUT2D eigenvalue weighted by Gasteiger charge is 2.41. The second kappa shape index (κ2) is 8.83. The van der Waals surface area contributed by atoms with Crippen LogP contribution in [0.1, 0.15) is 41.5 Å². The predicted molar refractivity (Wildman–Crippen MR) is 121 cm³/mol. The lowest BCUT2D eigenvalue weighted by Crippen LogP contribution is -2.46. The first-order chi connectivity index (χ1) is 11.6. The van der Waals surface area contributed by atoms with Crippen molar-refractivity contribution < 1.29 is 14.0 Å². The molecule has 0 radical (unpaired) electrons. The Bertz CT molecular complexity index is 478. The third-order valence-corrected chi connectivity index (χ3v) is 16.5. The zero-order valence-corrected chi connectivity index (χ0v) is 21.5. The van der Waals surface area contributed by atoms with Crippen molar-refractivity contribution in [3.8, 4) is 0 Å². The van der Waals surface area contributed by atoms with E-state index >= 15 is 0 Å². The number of thioether (sulfide) groups is 1. The Morgan fingerprint density at radius 2 is 1.38 bits per heavy atom. The molecule has 0 aromatic carbocycles. The van der Waals surface area contributed by atoms with Crippen molar-refractivity contribution in [2.75, 3.05) is 19.0 Å². The highest BCUT2D eigenvalue weighted by Crippen LogP contribution is 2.39. The molecule has 0 amide bonds. The Balaban J connectivity index is 2.86. The maximum Gasteiger partial charge on any atom is 0.192 e. The van der Waals surface area contributed by atoms with E-state index in [0.29, 0.717) is 13.2 Å². The van der Waals surface area contributed by atoms with Crippen molar-refractivity contribution in [1.29, 1.82) is 0 Å². The lowest BCUT2D eigenvalue weighted by atomic mass is 9.89. The van der Waals surface area contributed by atoms with Crippen molar-refractivity contribution in [1.82, 2.24) is 0 Å². The van der Waals surface area contributed by atoms with Gasteiger partial charge in [-0.25, -0.2) is 0 Å². The largest absolute Gasteiger partial charge is 0.416 e. The van der Waals surface area contributed by atoms with Crippen LogP contribution in [0.2, 0.25) is 36.3 Å². The summed E-state index contributed by atoms with van der Waals surface area (Å²) in [5.74, 6) is 1.04. The fraction of sp³-hybridized carbons (Fsp3) is 0.900. The van der Waals surface area contributed by atoms with Crippen LogP contribution in [0.25, 0.3) is 0 Å². The van der Waals surface area contributed by atoms with Gasteiger partial charge in [0, 0.05) is 30.8 Å². The molecule has 0 saturated carbocycles. The van der Waals surface area contributed by atoms with E-state index in [1.807, 2.05) is 0 Å². The maximum atomic E-state index is 10.7. The molecule has 1 aliphatic heterocycles. The fourth-order valence-electron chi connectivity index (χ4n) is 2.32. The van der Waals surface area contributed by atoms with Gasteiger partial charge in [0.25, 0.3) is 0 Å². The summed E-state index contributed by atoms with van der Waals surface area (Å²) < 4.78 is 13.0. The molecule has 0 aliphatic carbocycles. The second-order valence-corrected chi connectivity index (χ2v) is 21.3. The van der Waals surface area contributed by atoms with Crippen molar-refractivity contribution in [2.24, 2.45) is 11.8 Å². The van der Waals surface area contributed by atoms with Gasteiger partial charge < -0.3 is 14.0 Å². The Kier molecular flexibility index (Phi) is 8.30. The van der Waals surface area contributed by atoms with Gasteiger partial charge in [-0.3, -0.25) is 0 Å². The van der Waals surface area contributed by atoms with Crippen LogP contribution in [-0.2, 0) is 8.85 Å². The van der Waals surface area contributed by atoms with E-state index in [2.05, 4.69) is 79.2 Å². The fourth-order valence-corrected chi connectivity index (χ4v) is 5.27. The number of aliphatic hydroxyl groups is 1. The zero-order chi connectivity index (χ0) is 20.4. The van der Waals surface area contributed by atoms with E-state index in [1.165, 1.54) is 0 Å². The zero-order valence-electron chi connectivity index (χ0n) is 18.7. The van der Waals surface area contributed by atoms with Crippen LogP contribution >= 0.6 is 11.8 Å². The first-order valence-electron chi connectivity index (χ1n) is 9.83. The minimum atomic E-state index is -1.83. The van der Waals surface area contributed by atoms with Crippen LogP contribution in [0, 0.1) is 11.8 Å². The van der Waals surface area contributed by atoms with E-state index in [-0.39, 0.29) is 28.0 Å². The van der Waals surface area contributed by atoms with Crippen molar-refractivity contribution in [2.45, 2.75) is 83.9 Å². The third kappa shape index (κ3) is 6.48. The third-order valence-electron chi connectivity index (χ3n) is 6.62. The van der Waals surface area contributed by atoms with Crippen molar-refractivity contribution in [3.05, 3.63) is 11.5 Å². The SMILES string of the molecule is CC(C)(C)[Si](C)(C)OC[C@@H]1[C@H](O)CSC=C[C@@H]1CO[Si](C)(C)C(C)(C)C. The minimum absolute atomic E-state index is 0.0974. The van der Waals surface area contributed by atoms with Crippen molar-refractivity contribution >= 4 is 28.4 Å². The molecule has 0 spiro atoms. The molecule has 3 nitrogen and oxygen atoms in total. The normalized spacial score (nSPS) is 26.0.